The van der Waals surface area contributed by atoms with Crippen LogP contribution in [0.5, 0.6) is 0 Å². The normalized spacial score (nSPS) is 22.9. The van der Waals surface area contributed by atoms with Gasteiger partial charge in [-0.25, -0.2) is 8.42 Å². The van der Waals surface area contributed by atoms with Gasteiger partial charge in [-0.15, -0.1) is 0 Å². The van der Waals surface area contributed by atoms with E-state index in [1.54, 1.807) is 0 Å². The van der Waals surface area contributed by atoms with Gasteiger partial charge in [0.1, 0.15) is 0 Å². The van der Waals surface area contributed by atoms with Gasteiger partial charge >= 0.3 is 0 Å². The van der Waals surface area contributed by atoms with Crippen LogP contribution in [0.1, 0.15) is 31.7 Å². The monoisotopic (exact) mass is 273 g/mol. The number of hydrogen-bond acceptors (Lipinski definition) is 4. The second kappa shape index (κ2) is 5.38. The van der Waals surface area contributed by atoms with Crippen molar-refractivity contribution >= 4 is 10.0 Å². The van der Waals surface area contributed by atoms with Crippen molar-refractivity contribution in [3.8, 4) is 0 Å². The van der Waals surface area contributed by atoms with E-state index in [9.17, 15) is 8.42 Å². The van der Waals surface area contributed by atoms with Crippen LogP contribution in [0.4, 0.5) is 0 Å². The molecule has 7 heteroatoms. The molecule has 0 aliphatic carbocycles. The molecular formula is C11H19N3O3S. The van der Waals surface area contributed by atoms with Crippen LogP contribution < -0.4 is 0 Å². The largest absolute Gasteiger partial charge is 0.392 e. The maximum absolute atomic E-state index is 12.4. The van der Waals surface area contributed by atoms with Crippen molar-refractivity contribution in [2.75, 3.05) is 13.1 Å². The van der Waals surface area contributed by atoms with Gasteiger partial charge in [-0.2, -0.15) is 9.40 Å². The van der Waals surface area contributed by atoms with Crippen LogP contribution >= 0.6 is 0 Å². The quantitative estimate of drug-likeness (QED) is 0.849. The Morgan fingerprint density at radius 2 is 2.28 bits per heavy atom. The van der Waals surface area contributed by atoms with Gasteiger partial charge in [0.2, 0.25) is 0 Å². The van der Waals surface area contributed by atoms with Gasteiger partial charge in [0.05, 0.1) is 12.8 Å². The number of aromatic nitrogens is 2. The van der Waals surface area contributed by atoms with E-state index in [1.807, 2.05) is 0 Å². The minimum atomic E-state index is -3.55. The average molecular weight is 273 g/mol. The topological polar surface area (TPSA) is 86.3 Å². The van der Waals surface area contributed by atoms with Gasteiger partial charge in [0.25, 0.3) is 10.0 Å². The van der Waals surface area contributed by atoms with Crippen molar-refractivity contribution < 1.29 is 13.5 Å². The average Bonchev–Trinajstić information content (AvgIpc) is 2.72. The van der Waals surface area contributed by atoms with Crippen LogP contribution in [-0.2, 0) is 16.6 Å². The highest BCUT2D eigenvalue weighted by atomic mass is 32.2. The summed E-state index contributed by atoms with van der Waals surface area (Å²) in [7, 11) is -3.55. The summed E-state index contributed by atoms with van der Waals surface area (Å²) in [6.45, 7) is 2.89. The molecule has 1 aromatic heterocycles. The fourth-order valence-corrected chi connectivity index (χ4v) is 3.83. The first-order valence-electron chi connectivity index (χ1n) is 6.19. The highest BCUT2D eigenvalue weighted by Gasteiger charge is 2.29. The van der Waals surface area contributed by atoms with E-state index in [0.29, 0.717) is 24.6 Å². The van der Waals surface area contributed by atoms with E-state index in [4.69, 9.17) is 5.11 Å². The Morgan fingerprint density at radius 3 is 3.00 bits per heavy atom. The molecule has 1 saturated heterocycles. The van der Waals surface area contributed by atoms with Crippen molar-refractivity contribution in [1.82, 2.24) is 14.5 Å². The van der Waals surface area contributed by atoms with Crippen molar-refractivity contribution in [2.45, 2.75) is 37.8 Å². The summed E-state index contributed by atoms with van der Waals surface area (Å²) >= 11 is 0. The number of nitrogens with zero attached hydrogens (tertiary/aromatic N) is 2. The Labute approximate surface area is 107 Å². The summed E-state index contributed by atoms with van der Waals surface area (Å²) in [5, 5.41) is 15.3. The van der Waals surface area contributed by atoms with E-state index in [2.05, 4.69) is 17.1 Å². The molecule has 0 spiro atoms. The van der Waals surface area contributed by atoms with Crippen LogP contribution in [0.3, 0.4) is 0 Å². The standard InChI is InChI=1S/C11H19N3O3S/c1-9-3-2-5-14(6-4-9)18(16,17)11-10(8-15)7-12-13-11/h7,9,15H,2-6,8H2,1H3,(H,12,13). The smallest absolute Gasteiger partial charge is 0.260 e. The first-order valence-corrected chi connectivity index (χ1v) is 7.63. The SMILES string of the molecule is CC1CCCN(S(=O)(=O)c2[nH]ncc2CO)CC1. The first-order chi connectivity index (χ1) is 8.55. The number of aromatic amines is 1. The molecule has 1 fully saturated rings. The number of sulfonamides is 1. The van der Waals surface area contributed by atoms with E-state index in [0.717, 1.165) is 19.3 Å². The van der Waals surface area contributed by atoms with Crippen LogP contribution in [0.2, 0.25) is 0 Å². The summed E-state index contributed by atoms with van der Waals surface area (Å²) in [5.74, 6) is 0.560. The molecule has 1 aliphatic rings. The van der Waals surface area contributed by atoms with Gasteiger partial charge in [-0.3, -0.25) is 5.10 Å². The number of rotatable bonds is 3. The summed E-state index contributed by atoms with van der Waals surface area (Å²) in [5.41, 5.74) is 0.326. The third-order valence-electron chi connectivity index (χ3n) is 3.42. The summed E-state index contributed by atoms with van der Waals surface area (Å²) in [6.07, 6.45) is 4.17. The predicted molar refractivity (Wildman–Crippen MR) is 66.3 cm³/mol. The number of nitrogens with one attached hydrogen (secondary N) is 1. The zero-order valence-electron chi connectivity index (χ0n) is 10.5. The first kappa shape index (κ1) is 13.5. The second-order valence-electron chi connectivity index (χ2n) is 4.82. The van der Waals surface area contributed by atoms with Gasteiger partial charge in [0.15, 0.2) is 5.03 Å². The van der Waals surface area contributed by atoms with Gasteiger partial charge in [0, 0.05) is 18.7 Å². The highest BCUT2D eigenvalue weighted by molar-refractivity contribution is 7.89. The molecular weight excluding hydrogens is 254 g/mol. The van der Waals surface area contributed by atoms with Crippen LogP contribution in [0.25, 0.3) is 0 Å². The van der Waals surface area contributed by atoms with Crippen molar-refractivity contribution in [3.63, 3.8) is 0 Å². The van der Waals surface area contributed by atoms with Crippen molar-refractivity contribution in [1.29, 1.82) is 0 Å². The van der Waals surface area contributed by atoms with E-state index >= 15 is 0 Å². The zero-order chi connectivity index (χ0) is 13.2. The third kappa shape index (κ3) is 2.57. The lowest BCUT2D eigenvalue weighted by molar-refractivity contribution is 0.278. The van der Waals surface area contributed by atoms with Crippen LogP contribution in [0.15, 0.2) is 11.2 Å². The Hall–Kier alpha value is -0.920. The van der Waals surface area contributed by atoms with Crippen LogP contribution in [0, 0.1) is 5.92 Å². The predicted octanol–water partition coefficient (Wildman–Crippen LogP) is 0.713. The van der Waals surface area contributed by atoms with Crippen LogP contribution in [-0.4, -0.2) is 41.1 Å². The van der Waals surface area contributed by atoms with Crippen molar-refractivity contribution in [2.24, 2.45) is 5.92 Å². The highest BCUT2D eigenvalue weighted by Crippen LogP contribution is 2.23. The summed E-state index contributed by atoms with van der Waals surface area (Å²) in [4.78, 5) is 0. The lowest BCUT2D eigenvalue weighted by Gasteiger charge is -2.19. The molecule has 1 atom stereocenters. The lowest BCUT2D eigenvalue weighted by atomic mass is 10.0. The maximum atomic E-state index is 12.4. The fraction of sp³-hybridized carbons (Fsp3) is 0.727. The fourth-order valence-electron chi connectivity index (χ4n) is 2.24. The Bertz CT molecular complexity index is 497. The molecule has 1 aliphatic heterocycles. The Kier molecular flexibility index (Phi) is 4.04. The molecule has 0 saturated carbocycles. The van der Waals surface area contributed by atoms with E-state index in [-0.39, 0.29) is 11.6 Å². The number of aliphatic hydroxyl groups excluding tert-OH is 1. The Morgan fingerprint density at radius 1 is 1.50 bits per heavy atom. The maximum Gasteiger partial charge on any atom is 0.260 e. The van der Waals surface area contributed by atoms with E-state index < -0.39 is 10.0 Å². The molecule has 2 heterocycles. The lowest BCUT2D eigenvalue weighted by Crippen LogP contribution is -2.33. The molecule has 102 valence electrons. The molecule has 0 aromatic carbocycles. The molecule has 1 unspecified atom stereocenters. The molecule has 6 nitrogen and oxygen atoms in total. The van der Waals surface area contributed by atoms with Gasteiger partial charge in [-0.05, 0) is 25.2 Å². The molecule has 0 radical (unpaired) electrons. The van der Waals surface area contributed by atoms with Gasteiger partial charge < -0.3 is 5.11 Å². The summed E-state index contributed by atoms with van der Waals surface area (Å²) in [6, 6.07) is 0. The molecule has 1 aromatic rings. The van der Waals surface area contributed by atoms with E-state index in [1.165, 1.54) is 10.5 Å². The molecule has 2 rings (SSSR count). The minimum Gasteiger partial charge on any atom is -0.392 e. The molecule has 18 heavy (non-hydrogen) atoms. The minimum absolute atomic E-state index is 0.0274. The molecule has 0 amide bonds. The number of hydrogen-bond donors (Lipinski definition) is 2. The molecule has 2 N–H and O–H groups in total. The number of H-pyrrole nitrogens is 1. The molecule has 0 bridgehead atoms. The Balaban J connectivity index is 2.25. The van der Waals surface area contributed by atoms with Crippen molar-refractivity contribution in [3.05, 3.63) is 11.8 Å². The number of aliphatic hydroxyl groups is 1. The summed E-state index contributed by atoms with van der Waals surface area (Å²) < 4.78 is 26.4. The third-order valence-corrected chi connectivity index (χ3v) is 5.34. The second-order valence-corrected chi connectivity index (χ2v) is 6.70. The van der Waals surface area contributed by atoms with Gasteiger partial charge in [-0.1, -0.05) is 6.92 Å². The zero-order valence-corrected chi connectivity index (χ0v) is 11.3.